The van der Waals surface area contributed by atoms with E-state index in [0.29, 0.717) is 18.3 Å². The van der Waals surface area contributed by atoms with E-state index in [-0.39, 0.29) is 6.17 Å². The van der Waals surface area contributed by atoms with E-state index in [9.17, 15) is 0 Å². The molecule has 1 heterocycles. The molecule has 0 aliphatic heterocycles. The molecule has 90 valence electrons. The average Bonchev–Trinajstić information content (AvgIpc) is 2.16. The van der Waals surface area contributed by atoms with Gasteiger partial charge in [-0.25, -0.2) is 9.97 Å². The Morgan fingerprint density at radius 3 is 2.88 bits per heavy atom. The summed E-state index contributed by atoms with van der Waals surface area (Å²) in [4.78, 5) is 10.1. The molecule has 1 rings (SSSR count). The standard InChI is InChI=1S/C10H19N5O/c1-8(11)14-9-6-10(13-7-12-9)16-5-4-15(2)3/h6-8H,4-5,11H2,1-3H3,(H,12,13,14). The van der Waals surface area contributed by atoms with Gasteiger partial charge in [0, 0.05) is 12.6 Å². The van der Waals surface area contributed by atoms with Gasteiger partial charge in [0.2, 0.25) is 5.88 Å². The van der Waals surface area contributed by atoms with E-state index in [1.165, 1.54) is 6.33 Å². The van der Waals surface area contributed by atoms with Gasteiger partial charge in [-0.3, -0.25) is 0 Å². The van der Waals surface area contributed by atoms with Crippen LogP contribution in [0.5, 0.6) is 5.88 Å². The number of hydrogen-bond acceptors (Lipinski definition) is 6. The van der Waals surface area contributed by atoms with E-state index in [1.54, 1.807) is 6.07 Å². The van der Waals surface area contributed by atoms with Crippen molar-refractivity contribution in [2.75, 3.05) is 32.6 Å². The first-order chi connectivity index (χ1) is 7.58. The molecule has 6 heteroatoms. The third-order valence-electron chi connectivity index (χ3n) is 1.81. The summed E-state index contributed by atoms with van der Waals surface area (Å²) < 4.78 is 5.47. The third-order valence-corrected chi connectivity index (χ3v) is 1.81. The Morgan fingerprint density at radius 1 is 1.50 bits per heavy atom. The van der Waals surface area contributed by atoms with Crippen LogP contribution < -0.4 is 15.8 Å². The molecular weight excluding hydrogens is 206 g/mol. The average molecular weight is 225 g/mol. The molecule has 1 aromatic rings. The molecule has 0 fully saturated rings. The molecule has 1 atom stereocenters. The van der Waals surface area contributed by atoms with Gasteiger partial charge in [0.05, 0.1) is 6.17 Å². The summed E-state index contributed by atoms with van der Waals surface area (Å²) in [6, 6.07) is 1.74. The summed E-state index contributed by atoms with van der Waals surface area (Å²) in [5.74, 6) is 1.23. The summed E-state index contributed by atoms with van der Waals surface area (Å²) in [6.45, 7) is 3.29. The minimum Gasteiger partial charge on any atom is -0.476 e. The van der Waals surface area contributed by atoms with Gasteiger partial charge in [0.15, 0.2) is 0 Å². The number of anilines is 1. The maximum absolute atomic E-state index is 5.60. The first kappa shape index (κ1) is 12.7. The van der Waals surface area contributed by atoms with E-state index in [2.05, 4.69) is 15.3 Å². The summed E-state index contributed by atoms with van der Waals surface area (Å²) in [7, 11) is 3.98. The Labute approximate surface area is 95.8 Å². The molecule has 0 saturated carbocycles. The fourth-order valence-electron chi connectivity index (χ4n) is 1.06. The van der Waals surface area contributed by atoms with Gasteiger partial charge in [-0.05, 0) is 21.0 Å². The fourth-order valence-corrected chi connectivity index (χ4v) is 1.06. The van der Waals surface area contributed by atoms with Crippen LogP contribution in [0, 0.1) is 0 Å². The van der Waals surface area contributed by atoms with E-state index in [1.807, 2.05) is 25.9 Å². The predicted molar refractivity (Wildman–Crippen MR) is 63.4 cm³/mol. The van der Waals surface area contributed by atoms with Crippen molar-refractivity contribution in [3.05, 3.63) is 12.4 Å². The van der Waals surface area contributed by atoms with Crippen LogP contribution in [0.3, 0.4) is 0 Å². The van der Waals surface area contributed by atoms with Crippen molar-refractivity contribution in [3.63, 3.8) is 0 Å². The molecule has 0 radical (unpaired) electrons. The van der Waals surface area contributed by atoms with Gasteiger partial charge in [0.25, 0.3) is 0 Å². The second-order valence-electron chi connectivity index (χ2n) is 3.83. The quantitative estimate of drug-likeness (QED) is 0.670. The second kappa shape index (κ2) is 6.24. The van der Waals surface area contributed by atoms with Crippen LogP contribution in [0.25, 0.3) is 0 Å². The SMILES string of the molecule is CC(N)Nc1cc(OCCN(C)C)ncn1. The zero-order valence-electron chi connectivity index (χ0n) is 9.97. The number of nitrogens with zero attached hydrogens (tertiary/aromatic N) is 3. The van der Waals surface area contributed by atoms with Crippen LogP contribution in [-0.4, -0.2) is 48.3 Å². The summed E-state index contributed by atoms with van der Waals surface area (Å²) in [5.41, 5.74) is 5.60. The number of aromatic nitrogens is 2. The number of nitrogens with one attached hydrogen (secondary N) is 1. The van der Waals surface area contributed by atoms with Gasteiger partial charge < -0.3 is 20.7 Å². The van der Waals surface area contributed by atoms with E-state index < -0.39 is 0 Å². The summed E-state index contributed by atoms with van der Waals surface area (Å²) in [5, 5.41) is 2.98. The molecule has 1 unspecified atom stereocenters. The largest absolute Gasteiger partial charge is 0.476 e. The van der Waals surface area contributed by atoms with Crippen molar-refractivity contribution in [3.8, 4) is 5.88 Å². The van der Waals surface area contributed by atoms with Crippen molar-refractivity contribution < 1.29 is 4.74 Å². The topological polar surface area (TPSA) is 76.3 Å². The van der Waals surface area contributed by atoms with Crippen LogP contribution in [0.2, 0.25) is 0 Å². The van der Waals surface area contributed by atoms with Crippen molar-refractivity contribution in [2.45, 2.75) is 13.1 Å². The number of ether oxygens (including phenoxy) is 1. The van der Waals surface area contributed by atoms with Gasteiger partial charge in [0.1, 0.15) is 18.8 Å². The molecule has 3 N–H and O–H groups in total. The van der Waals surface area contributed by atoms with Gasteiger partial charge in [-0.2, -0.15) is 0 Å². The van der Waals surface area contributed by atoms with Crippen molar-refractivity contribution in [1.82, 2.24) is 14.9 Å². The zero-order valence-corrected chi connectivity index (χ0v) is 9.97. The monoisotopic (exact) mass is 225 g/mol. The highest BCUT2D eigenvalue weighted by Gasteiger charge is 2.01. The van der Waals surface area contributed by atoms with E-state index >= 15 is 0 Å². The normalized spacial score (nSPS) is 12.6. The lowest BCUT2D eigenvalue weighted by atomic mass is 10.5. The second-order valence-corrected chi connectivity index (χ2v) is 3.83. The van der Waals surface area contributed by atoms with Gasteiger partial charge >= 0.3 is 0 Å². The molecule has 16 heavy (non-hydrogen) atoms. The number of rotatable bonds is 6. The molecule has 0 aromatic carbocycles. The molecule has 0 bridgehead atoms. The minimum atomic E-state index is -0.149. The Bertz CT molecular complexity index is 316. The molecule has 0 aliphatic carbocycles. The Kier molecular flexibility index (Phi) is 4.94. The lowest BCUT2D eigenvalue weighted by Gasteiger charge is -2.12. The first-order valence-corrected chi connectivity index (χ1v) is 5.19. The third kappa shape index (κ3) is 4.90. The zero-order chi connectivity index (χ0) is 12.0. The molecule has 0 saturated heterocycles. The highest BCUT2D eigenvalue weighted by molar-refractivity contribution is 5.37. The predicted octanol–water partition coefficient (Wildman–Crippen LogP) is 0.134. The van der Waals surface area contributed by atoms with Crippen LogP contribution in [0.15, 0.2) is 12.4 Å². The minimum absolute atomic E-state index is 0.149. The van der Waals surface area contributed by atoms with Crippen LogP contribution in [-0.2, 0) is 0 Å². The highest BCUT2D eigenvalue weighted by Crippen LogP contribution is 2.10. The van der Waals surface area contributed by atoms with Crippen molar-refractivity contribution in [1.29, 1.82) is 0 Å². The van der Waals surface area contributed by atoms with Crippen molar-refractivity contribution >= 4 is 5.82 Å². The van der Waals surface area contributed by atoms with Crippen molar-refractivity contribution in [2.24, 2.45) is 5.73 Å². The number of hydrogen-bond donors (Lipinski definition) is 2. The highest BCUT2D eigenvalue weighted by atomic mass is 16.5. The molecule has 0 spiro atoms. The molecule has 0 amide bonds. The van der Waals surface area contributed by atoms with Crippen LogP contribution in [0.1, 0.15) is 6.92 Å². The Hall–Kier alpha value is -1.40. The Balaban J connectivity index is 2.47. The molecule has 6 nitrogen and oxygen atoms in total. The fraction of sp³-hybridized carbons (Fsp3) is 0.600. The van der Waals surface area contributed by atoms with Gasteiger partial charge in [-0.15, -0.1) is 0 Å². The van der Waals surface area contributed by atoms with Gasteiger partial charge in [-0.1, -0.05) is 0 Å². The maximum Gasteiger partial charge on any atom is 0.218 e. The van der Waals surface area contributed by atoms with Crippen LogP contribution >= 0.6 is 0 Å². The molecular formula is C10H19N5O. The number of nitrogens with two attached hydrogens (primary N) is 1. The molecule has 1 aromatic heterocycles. The lowest BCUT2D eigenvalue weighted by Crippen LogP contribution is -2.25. The smallest absolute Gasteiger partial charge is 0.218 e. The number of likely N-dealkylation sites (N-methyl/N-ethyl adjacent to an activating group) is 1. The molecule has 0 aliphatic rings. The first-order valence-electron chi connectivity index (χ1n) is 5.19. The Morgan fingerprint density at radius 2 is 2.25 bits per heavy atom. The van der Waals surface area contributed by atoms with E-state index in [0.717, 1.165) is 6.54 Å². The van der Waals surface area contributed by atoms with E-state index in [4.69, 9.17) is 10.5 Å². The summed E-state index contributed by atoms with van der Waals surface area (Å²) >= 11 is 0. The summed E-state index contributed by atoms with van der Waals surface area (Å²) in [6.07, 6.45) is 1.31. The lowest BCUT2D eigenvalue weighted by molar-refractivity contribution is 0.253. The maximum atomic E-state index is 5.60. The van der Waals surface area contributed by atoms with Crippen LogP contribution in [0.4, 0.5) is 5.82 Å².